The zero-order valence-electron chi connectivity index (χ0n) is 12.2. The van der Waals surface area contributed by atoms with Crippen LogP contribution in [0.5, 0.6) is 0 Å². The van der Waals surface area contributed by atoms with Crippen molar-refractivity contribution in [1.29, 1.82) is 0 Å². The second kappa shape index (κ2) is 7.03. The Morgan fingerprint density at radius 3 is 2.35 bits per heavy atom. The van der Waals surface area contributed by atoms with Gasteiger partial charge in [0.05, 0.1) is 4.92 Å². The monoisotopic (exact) mass is 314 g/mol. The predicted octanol–water partition coefficient (Wildman–Crippen LogP) is 2.37. The Morgan fingerprint density at radius 1 is 1.04 bits per heavy atom. The van der Waals surface area contributed by atoms with Gasteiger partial charge in [-0.05, 0) is 31.2 Å². The van der Waals surface area contributed by atoms with Gasteiger partial charge in [-0.15, -0.1) is 0 Å². The van der Waals surface area contributed by atoms with E-state index in [2.05, 4.69) is 16.2 Å². The molecule has 0 unspecified atom stereocenters. The van der Waals surface area contributed by atoms with Gasteiger partial charge in [0.15, 0.2) is 0 Å². The number of carbonyl (C=O) groups is 2. The largest absolute Gasteiger partial charge is 0.337 e. The summed E-state index contributed by atoms with van der Waals surface area (Å²) in [6, 6.07) is 12.0. The van der Waals surface area contributed by atoms with E-state index in [0.717, 1.165) is 0 Å². The summed E-state index contributed by atoms with van der Waals surface area (Å²) < 4.78 is 0. The van der Waals surface area contributed by atoms with E-state index in [0.29, 0.717) is 11.3 Å². The Balaban J connectivity index is 1.93. The first-order valence-corrected chi connectivity index (χ1v) is 6.65. The summed E-state index contributed by atoms with van der Waals surface area (Å²) in [6.07, 6.45) is 0. The molecule has 0 fully saturated rings. The van der Waals surface area contributed by atoms with Crippen molar-refractivity contribution >= 4 is 23.3 Å². The molecular formula is C15H14N4O4. The van der Waals surface area contributed by atoms with E-state index >= 15 is 0 Å². The number of hydrazine groups is 1. The number of urea groups is 1. The number of nitro benzene ring substituents is 1. The summed E-state index contributed by atoms with van der Waals surface area (Å²) >= 11 is 0. The van der Waals surface area contributed by atoms with Crippen molar-refractivity contribution in [2.75, 3.05) is 5.32 Å². The highest BCUT2D eigenvalue weighted by Gasteiger charge is 2.14. The number of amides is 3. The van der Waals surface area contributed by atoms with Gasteiger partial charge in [0.25, 0.3) is 11.6 Å². The van der Waals surface area contributed by atoms with Gasteiger partial charge in [-0.1, -0.05) is 18.2 Å². The molecule has 0 spiro atoms. The molecule has 0 radical (unpaired) electrons. The lowest BCUT2D eigenvalue weighted by molar-refractivity contribution is -0.385. The van der Waals surface area contributed by atoms with Crippen LogP contribution in [-0.4, -0.2) is 16.9 Å². The molecule has 0 saturated carbocycles. The Hall–Kier alpha value is -3.42. The number of nitrogens with zero attached hydrogens (tertiary/aromatic N) is 1. The van der Waals surface area contributed by atoms with Crippen molar-refractivity contribution in [2.45, 2.75) is 6.92 Å². The zero-order valence-corrected chi connectivity index (χ0v) is 12.2. The van der Waals surface area contributed by atoms with Gasteiger partial charge in [0, 0.05) is 22.9 Å². The maximum Gasteiger partial charge on any atom is 0.337 e. The molecule has 3 amide bonds. The Labute approximate surface area is 131 Å². The van der Waals surface area contributed by atoms with Crippen molar-refractivity contribution in [1.82, 2.24) is 10.9 Å². The fourth-order valence-corrected chi connectivity index (χ4v) is 1.87. The van der Waals surface area contributed by atoms with Crippen LogP contribution in [0.4, 0.5) is 16.2 Å². The van der Waals surface area contributed by atoms with Gasteiger partial charge in [-0.25, -0.2) is 10.2 Å². The standard InChI is InChI=1S/C15H14N4O4/c1-10-9-11(7-8-13(10)19(22)23)14(20)17-18-15(21)16-12-5-3-2-4-6-12/h2-9H,1H3,(H,17,20)(H2,16,18,21). The number of para-hydroxylation sites is 1. The molecule has 0 aliphatic heterocycles. The Bertz CT molecular complexity index is 746. The van der Waals surface area contributed by atoms with E-state index in [9.17, 15) is 19.7 Å². The minimum Gasteiger partial charge on any atom is -0.307 e. The maximum absolute atomic E-state index is 11.9. The van der Waals surface area contributed by atoms with Gasteiger partial charge in [-0.3, -0.25) is 20.3 Å². The minimum absolute atomic E-state index is 0.0728. The summed E-state index contributed by atoms with van der Waals surface area (Å²) in [5.41, 5.74) is 5.49. The van der Waals surface area contributed by atoms with E-state index < -0.39 is 16.9 Å². The summed E-state index contributed by atoms with van der Waals surface area (Å²) in [6.45, 7) is 1.53. The smallest absolute Gasteiger partial charge is 0.307 e. The highest BCUT2D eigenvalue weighted by atomic mass is 16.6. The Morgan fingerprint density at radius 2 is 1.74 bits per heavy atom. The number of hydrogen-bond acceptors (Lipinski definition) is 4. The highest BCUT2D eigenvalue weighted by Crippen LogP contribution is 2.18. The fourth-order valence-electron chi connectivity index (χ4n) is 1.87. The molecule has 23 heavy (non-hydrogen) atoms. The second-order valence-electron chi connectivity index (χ2n) is 4.66. The molecule has 118 valence electrons. The van der Waals surface area contributed by atoms with Gasteiger partial charge < -0.3 is 5.32 Å². The van der Waals surface area contributed by atoms with Crippen LogP contribution in [0.3, 0.4) is 0 Å². The lowest BCUT2D eigenvalue weighted by Gasteiger charge is -2.09. The average Bonchev–Trinajstić information content (AvgIpc) is 2.53. The number of nitro groups is 1. The zero-order chi connectivity index (χ0) is 16.8. The molecule has 0 heterocycles. The molecule has 8 nitrogen and oxygen atoms in total. The van der Waals surface area contributed by atoms with E-state index in [1.807, 2.05) is 6.07 Å². The van der Waals surface area contributed by atoms with E-state index in [4.69, 9.17) is 0 Å². The SMILES string of the molecule is Cc1cc(C(=O)NNC(=O)Nc2ccccc2)ccc1[N+](=O)[O-]. The van der Waals surface area contributed by atoms with Crippen LogP contribution in [0.1, 0.15) is 15.9 Å². The molecular weight excluding hydrogens is 300 g/mol. The normalized spacial score (nSPS) is 9.78. The van der Waals surface area contributed by atoms with Crippen LogP contribution in [0.2, 0.25) is 0 Å². The number of rotatable bonds is 3. The first-order valence-electron chi connectivity index (χ1n) is 6.65. The van der Waals surface area contributed by atoms with Gasteiger partial charge in [-0.2, -0.15) is 0 Å². The highest BCUT2D eigenvalue weighted by molar-refractivity contribution is 5.97. The molecule has 2 rings (SSSR count). The van der Waals surface area contributed by atoms with Crippen LogP contribution in [-0.2, 0) is 0 Å². The number of benzene rings is 2. The number of hydrogen-bond donors (Lipinski definition) is 3. The number of anilines is 1. The fraction of sp³-hybridized carbons (Fsp3) is 0.0667. The lowest BCUT2D eigenvalue weighted by Crippen LogP contribution is -2.43. The number of aryl methyl sites for hydroxylation is 1. The van der Waals surface area contributed by atoms with Crippen LogP contribution in [0.25, 0.3) is 0 Å². The van der Waals surface area contributed by atoms with Crippen molar-refractivity contribution in [3.63, 3.8) is 0 Å². The molecule has 0 saturated heterocycles. The third-order valence-electron chi connectivity index (χ3n) is 2.98. The van der Waals surface area contributed by atoms with E-state index in [1.54, 1.807) is 24.3 Å². The topological polar surface area (TPSA) is 113 Å². The summed E-state index contributed by atoms with van der Waals surface area (Å²) in [4.78, 5) is 33.7. The molecule has 8 heteroatoms. The Kier molecular flexibility index (Phi) is 4.88. The predicted molar refractivity (Wildman–Crippen MR) is 83.9 cm³/mol. The molecule has 3 N–H and O–H groups in total. The van der Waals surface area contributed by atoms with E-state index in [1.165, 1.54) is 25.1 Å². The summed E-state index contributed by atoms with van der Waals surface area (Å²) in [7, 11) is 0. The first kappa shape index (κ1) is 16.0. The van der Waals surface area contributed by atoms with Crippen molar-refractivity contribution in [3.05, 3.63) is 69.8 Å². The average molecular weight is 314 g/mol. The van der Waals surface area contributed by atoms with Crippen molar-refractivity contribution in [2.24, 2.45) is 0 Å². The van der Waals surface area contributed by atoms with Crippen LogP contribution in [0.15, 0.2) is 48.5 Å². The third-order valence-corrected chi connectivity index (χ3v) is 2.98. The van der Waals surface area contributed by atoms with Crippen LogP contribution in [0, 0.1) is 17.0 Å². The molecule has 2 aromatic rings. The van der Waals surface area contributed by atoms with Crippen LogP contribution >= 0.6 is 0 Å². The molecule has 0 atom stereocenters. The van der Waals surface area contributed by atoms with Crippen molar-refractivity contribution in [3.8, 4) is 0 Å². The first-order chi connectivity index (χ1) is 11.0. The maximum atomic E-state index is 11.9. The van der Waals surface area contributed by atoms with Crippen molar-refractivity contribution < 1.29 is 14.5 Å². The quantitative estimate of drug-likeness (QED) is 0.596. The van der Waals surface area contributed by atoms with Gasteiger partial charge in [0.2, 0.25) is 0 Å². The number of carbonyl (C=O) groups excluding carboxylic acids is 2. The molecule has 0 aliphatic rings. The lowest BCUT2D eigenvalue weighted by atomic mass is 10.1. The second-order valence-corrected chi connectivity index (χ2v) is 4.66. The molecule has 0 aliphatic carbocycles. The van der Waals surface area contributed by atoms with E-state index in [-0.39, 0.29) is 11.3 Å². The summed E-state index contributed by atoms with van der Waals surface area (Å²) in [5.74, 6) is -0.578. The number of nitrogens with one attached hydrogen (secondary N) is 3. The summed E-state index contributed by atoms with van der Waals surface area (Å²) in [5, 5.41) is 13.3. The van der Waals surface area contributed by atoms with Gasteiger partial charge >= 0.3 is 6.03 Å². The molecule has 2 aromatic carbocycles. The molecule has 0 aromatic heterocycles. The third kappa shape index (κ3) is 4.27. The molecule has 0 bridgehead atoms. The van der Waals surface area contributed by atoms with Gasteiger partial charge in [0.1, 0.15) is 0 Å². The minimum atomic E-state index is -0.608. The van der Waals surface area contributed by atoms with Crippen LogP contribution < -0.4 is 16.2 Å².